The number of aromatic nitrogens is 2. The molecule has 1 saturated carbocycles. The summed E-state index contributed by atoms with van der Waals surface area (Å²) in [7, 11) is 0. The number of hydrogen-bond donors (Lipinski definition) is 3. The second-order valence-corrected chi connectivity index (χ2v) is 10.4. The first kappa shape index (κ1) is 25.8. The lowest BCUT2D eigenvalue weighted by atomic mass is 9.79. The van der Waals surface area contributed by atoms with Gasteiger partial charge in [-0.1, -0.05) is 60.9 Å². The zero-order valence-electron chi connectivity index (χ0n) is 21.9. The SMILES string of the molecule is Cc1ccc(C(N)(CCC2CC2)c2ccc(F)c(NC(=O)c3cc(C)nn3-c3cccc(CN)c3)c2)cc1. The van der Waals surface area contributed by atoms with E-state index in [0.29, 0.717) is 29.5 Å². The number of rotatable bonds is 9. The van der Waals surface area contributed by atoms with Gasteiger partial charge in [0.15, 0.2) is 0 Å². The summed E-state index contributed by atoms with van der Waals surface area (Å²) in [5.74, 6) is -0.288. The van der Waals surface area contributed by atoms with E-state index in [1.807, 2.05) is 62.4 Å². The van der Waals surface area contributed by atoms with Gasteiger partial charge in [-0.3, -0.25) is 4.79 Å². The summed E-state index contributed by atoms with van der Waals surface area (Å²) in [5, 5.41) is 7.27. The number of benzene rings is 3. The Labute approximate surface area is 222 Å². The van der Waals surface area contributed by atoms with Crippen molar-refractivity contribution in [3.05, 3.63) is 112 Å². The Hall–Kier alpha value is -3.81. The van der Waals surface area contributed by atoms with Gasteiger partial charge in [0, 0.05) is 6.54 Å². The predicted molar refractivity (Wildman–Crippen MR) is 149 cm³/mol. The number of hydrogen-bond acceptors (Lipinski definition) is 4. The molecule has 1 heterocycles. The summed E-state index contributed by atoms with van der Waals surface area (Å²) < 4.78 is 16.6. The van der Waals surface area contributed by atoms with E-state index >= 15 is 4.39 Å². The quantitative estimate of drug-likeness (QED) is 0.267. The van der Waals surface area contributed by atoms with Crippen molar-refractivity contribution in [3.63, 3.8) is 0 Å². The highest BCUT2D eigenvalue weighted by Gasteiger charge is 2.33. The van der Waals surface area contributed by atoms with Gasteiger partial charge in [-0.2, -0.15) is 5.10 Å². The minimum Gasteiger partial charge on any atom is -0.326 e. The van der Waals surface area contributed by atoms with Gasteiger partial charge in [-0.15, -0.1) is 0 Å². The lowest BCUT2D eigenvalue weighted by Gasteiger charge is -2.32. The van der Waals surface area contributed by atoms with Gasteiger partial charge >= 0.3 is 0 Å². The minimum absolute atomic E-state index is 0.0852. The molecule has 1 aliphatic rings. The van der Waals surface area contributed by atoms with Crippen LogP contribution in [0.15, 0.2) is 72.8 Å². The van der Waals surface area contributed by atoms with Gasteiger partial charge in [-0.25, -0.2) is 9.07 Å². The van der Waals surface area contributed by atoms with Crippen LogP contribution in [0, 0.1) is 25.6 Å². The molecule has 1 unspecified atom stereocenters. The van der Waals surface area contributed by atoms with E-state index in [2.05, 4.69) is 10.4 Å². The zero-order chi connectivity index (χ0) is 26.9. The van der Waals surface area contributed by atoms with Crippen molar-refractivity contribution in [2.45, 2.75) is 51.6 Å². The second-order valence-electron chi connectivity index (χ2n) is 10.4. The number of carbonyl (C=O) groups excluding carboxylic acids is 1. The fraction of sp³-hybridized carbons (Fsp3) is 0.290. The molecule has 5 N–H and O–H groups in total. The third kappa shape index (κ3) is 5.39. The van der Waals surface area contributed by atoms with Gasteiger partial charge in [0.1, 0.15) is 11.5 Å². The first-order valence-electron chi connectivity index (χ1n) is 13.1. The number of aryl methyl sites for hydroxylation is 2. The Morgan fingerprint density at radius 3 is 2.50 bits per heavy atom. The van der Waals surface area contributed by atoms with Gasteiger partial charge in [-0.05, 0) is 79.6 Å². The number of halogens is 1. The molecule has 0 spiro atoms. The van der Waals surface area contributed by atoms with Crippen LogP contribution in [0.4, 0.5) is 10.1 Å². The molecular weight excluding hydrogens is 477 g/mol. The van der Waals surface area contributed by atoms with Crippen LogP contribution in [0.3, 0.4) is 0 Å². The first-order chi connectivity index (χ1) is 18.3. The van der Waals surface area contributed by atoms with Crippen molar-refractivity contribution >= 4 is 11.6 Å². The maximum absolute atomic E-state index is 15.0. The van der Waals surface area contributed by atoms with E-state index in [9.17, 15) is 4.79 Å². The average molecular weight is 512 g/mol. The van der Waals surface area contributed by atoms with Crippen molar-refractivity contribution in [1.82, 2.24) is 9.78 Å². The van der Waals surface area contributed by atoms with E-state index < -0.39 is 17.3 Å². The Bertz CT molecular complexity index is 1460. The number of nitrogens with two attached hydrogens (primary N) is 2. The Morgan fingerprint density at radius 1 is 1.05 bits per heavy atom. The second kappa shape index (κ2) is 10.5. The molecule has 1 amide bonds. The van der Waals surface area contributed by atoms with Crippen LogP contribution < -0.4 is 16.8 Å². The third-order valence-electron chi connectivity index (χ3n) is 7.40. The maximum atomic E-state index is 15.0. The van der Waals surface area contributed by atoms with Gasteiger partial charge in [0.25, 0.3) is 5.91 Å². The summed E-state index contributed by atoms with van der Waals surface area (Å²) in [4.78, 5) is 13.4. The highest BCUT2D eigenvalue weighted by molar-refractivity contribution is 6.03. The van der Waals surface area contributed by atoms with Gasteiger partial charge < -0.3 is 16.8 Å². The normalized spacial score (nSPS) is 14.8. The molecule has 0 saturated heterocycles. The Kier molecular flexibility index (Phi) is 7.15. The van der Waals surface area contributed by atoms with Crippen molar-refractivity contribution in [3.8, 4) is 5.69 Å². The lowest BCUT2D eigenvalue weighted by Crippen LogP contribution is -2.38. The summed E-state index contributed by atoms with van der Waals surface area (Å²) >= 11 is 0. The summed E-state index contributed by atoms with van der Waals surface area (Å²) in [6.45, 7) is 4.22. The molecule has 6 nitrogen and oxygen atoms in total. The molecule has 38 heavy (non-hydrogen) atoms. The Balaban J connectivity index is 1.47. The van der Waals surface area contributed by atoms with Crippen molar-refractivity contribution in [1.29, 1.82) is 0 Å². The van der Waals surface area contributed by atoms with Gasteiger partial charge in [0.05, 0.1) is 22.6 Å². The molecule has 0 aliphatic heterocycles. The smallest absolute Gasteiger partial charge is 0.274 e. The van der Waals surface area contributed by atoms with Crippen molar-refractivity contribution < 1.29 is 9.18 Å². The van der Waals surface area contributed by atoms with Crippen LogP contribution >= 0.6 is 0 Å². The fourth-order valence-corrected chi connectivity index (χ4v) is 4.90. The molecule has 196 valence electrons. The highest BCUT2D eigenvalue weighted by Crippen LogP contribution is 2.40. The van der Waals surface area contributed by atoms with E-state index in [-0.39, 0.29) is 5.69 Å². The number of amides is 1. The van der Waals surface area contributed by atoms with Gasteiger partial charge in [0.2, 0.25) is 0 Å². The zero-order valence-corrected chi connectivity index (χ0v) is 21.9. The predicted octanol–water partition coefficient (Wildman–Crippen LogP) is 5.73. The largest absolute Gasteiger partial charge is 0.326 e. The molecule has 3 aromatic carbocycles. The molecule has 5 rings (SSSR count). The van der Waals surface area contributed by atoms with Crippen molar-refractivity contribution in [2.75, 3.05) is 5.32 Å². The molecule has 0 bridgehead atoms. The maximum Gasteiger partial charge on any atom is 0.274 e. The topological polar surface area (TPSA) is 99.0 Å². The standard InChI is InChI=1S/C31H34FN5O/c1-20-6-10-24(11-7-20)31(34,15-14-22-8-9-22)25-12-13-27(32)28(18-25)35-30(38)29-16-21(2)36-37(29)26-5-3-4-23(17-26)19-33/h3-7,10-13,16-18,22H,8-9,14-15,19,33-34H2,1-2H3,(H,35,38). The molecule has 1 atom stereocenters. The van der Waals surface area contributed by atoms with E-state index in [4.69, 9.17) is 11.5 Å². The summed E-state index contributed by atoms with van der Waals surface area (Å²) in [5.41, 5.74) is 17.7. The molecule has 1 fully saturated rings. The molecule has 4 aromatic rings. The van der Waals surface area contributed by atoms with E-state index in [0.717, 1.165) is 35.1 Å². The van der Waals surface area contributed by atoms with Crippen LogP contribution in [0.2, 0.25) is 0 Å². The van der Waals surface area contributed by atoms with E-state index in [1.54, 1.807) is 22.9 Å². The summed E-state index contributed by atoms with van der Waals surface area (Å²) in [6.07, 6.45) is 4.21. The van der Waals surface area contributed by atoms with Crippen LogP contribution in [-0.2, 0) is 12.1 Å². The van der Waals surface area contributed by atoms with Crippen molar-refractivity contribution in [2.24, 2.45) is 17.4 Å². The Morgan fingerprint density at radius 2 is 1.79 bits per heavy atom. The number of anilines is 1. The number of nitrogens with zero attached hydrogens (tertiary/aromatic N) is 2. The fourth-order valence-electron chi connectivity index (χ4n) is 4.90. The monoisotopic (exact) mass is 511 g/mol. The number of carbonyl (C=O) groups is 1. The highest BCUT2D eigenvalue weighted by atomic mass is 19.1. The van der Waals surface area contributed by atoms with Crippen LogP contribution in [-0.4, -0.2) is 15.7 Å². The molecular formula is C31H34FN5O. The molecule has 1 aromatic heterocycles. The first-order valence-corrected chi connectivity index (χ1v) is 13.1. The third-order valence-corrected chi connectivity index (χ3v) is 7.40. The lowest BCUT2D eigenvalue weighted by molar-refractivity contribution is 0.101. The molecule has 7 heteroatoms. The van der Waals surface area contributed by atoms with Crippen LogP contribution in [0.5, 0.6) is 0 Å². The van der Waals surface area contributed by atoms with Crippen LogP contribution in [0.25, 0.3) is 5.69 Å². The minimum atomic E-state index is -0.801. The number of nitrogens with one attached hydrogen (secondary N) is 1. The van der Waals surface area contributed by atoms with Crippen LogP contribution in [0.1, 0.15) is 64.1 Å². The van der Waals surface area contributed by atoms with E-state index in [1.165, 1.54) is 18.9 Å². The summed E-state index contributed by atoms with van der Waals surface area (Å²) in [6, 6.07) is 22.2. The molecule has 1 aliphatic carbocycles. The molecule has 0 radical (unpaired) electrons. The average Bonchev–Trinajstić information content (AvgIpc) is 3.67.